The molecule has 4 aliphatic rings. The molecular weight excluding hydrogens is 518 g/mol. The van der Waals surface area contributed by atoms with E-state index in [-0.39, 0.29) is 34.5 Å². The maximum absolute atomic E-state index is 12.3. The molecule has 11 atom stereocenters. The Morgan fingerprint density at radius 3 is 2.37 bits per heavy atom. The third-order valence-electron chi connectivity index (χ3n) is 12.6. The maximum Gasteiger partial charge on any atom is 0.407 e. The van der Waals surface area contributed by atoms with Crippen LogP contribution in [0.2, 0.25) is 0 Å². The minimum atomic E-state index is -0.971. The summed E-state index contributed by atoms with van der Waals surface area (Å²) in [5, 5.41) is 34.2. The van der Waals surface area contributed by atoms with E-state index in [1.165, 1.54) is 37.8 Å². The lowest BCUT2D eigenvalue weighted by atomic mass is 9.41. The highest BCUT2D eigenvalue weighted by Crippen LogP contribution is 2.69. The summed E-state index contributed by atoms with van der Waals surface area (Å²) in [7, 11) is 0. The molecule has 4 fully saturated rings. The number of carboxylic acid groups (broad SMARTS) is 1. The summed E-state index contributed by atoms with van der Waals surface area (Å²) in [5.74, 6) is 2.11. The van der Waals surface area contributed by atoms with Crippen molar-refractivity contribution in [1.82, 2.24) is 5.32 Å². The van der Waals surface area contributed by atoms with E-state index in [4.69, 9.17) is 9.84 Å². The summed E-state index contributed by atoms with van der Waals surface area (Å²) in [6, 6.07) is 6.45. The van der Waals surface area contributed by atoms with Gasteiger partial charge < -0.3 is 25.4 Å². The largest absolute Gasteiger partial charge is 0.478 e. The fraction of sp³-hybridized carbons (Fsp3) is 0.765. The first kappa shape index (κ1) is 30.3. The van der Waals surface area contributed by atoms with Crippen LogP contribution in [-0.4, -0.2) is 46.2 Å². The minimum Gasteiger partial charge on any atom is -0.478 e. The van der Waals surface area contributed by atoms with Crippen molar-refractivity contribution in [1.29, 1.82) is 0 Å². The van der Waals surface area contributed by atoms with Gasteiger partial charge in [0.15, 0.2) is 0 Å². The molecule has 0 aliphatic heterocycles. The van der Waals surface area contributed by atoms with Gasteiger partial charge in [0.25, 0.3) is 0 Å². The summed E-state index contributed by atoms with van der Waals surface area (Å²) < 4.78 is 5.53. The number of hydrogen-bond donors (Lipinski definition) is 4. The average Bonchev–Trinajstić information content (AvgIpc) is 3.30. The second kappa shape index (κ2) is 11.9. The molecule has 5 rings (SSSR count). The quantitative estimate of drug-likeness (QED) is 0.294. The van der Waals surface area contributed by atoms with Crippen LogP contribution in [0.25, 0.3) is 0 Å². The van der Waals surface area contributed by atoms with E-state index in [1.807, 2.05) is 0 Å². The van der Waals surface area contributed by atoms with Crippen LogP contribution in [0, 0.1) is 52.3 Å². The molecule has 4 saturated carbocycles. The molecule has 1 aromatic rings. The predicted octanol–water partition coefficient (Wildman–Crippen LogP) is 6.26. The third kappa shape index (κ3) is 5.53. The first-order valence-electron chi connectivity index (χ1n) is 16.1. The molecule has 0 saturated heterocycles. The lowest BCUT2D eigenvalue weighted by Crippen LogP contribution is -2.62. The SMILES string of the molecule is CC[C@@H]1C2C[C@H](O)CC[C@]2(C)C2CC[C@@]3(C)C(CCC3[C@H](C)CCOC(=O)NCc3ccc(C(=O)O)cc3)C2[C@@H]1O. The molecule has 5 unspecified atom stereocenters. The van der Waals surface area contributed by atoms with Gasteiger partial charge in [-0.2, -0.15) is 0 Å². The van der Waals surface area contributed by atoms with Crippen LogP contribution in [-0.2, 0) is 11.3 Å². The van der Waals surface area contributed by atoms with Crippen LogP contribution in [0.1, 0.15) is 101 Å². The molecular formula is C34H51NO6. The standard InChI is InChI=1S/C34H51NO6/c1-5-24-28-18-23(36)12-15-34(28,4)27-13-16-33(3)25(10-11-26(33)29(27)30(24)37)20(2)14-17-41-32(40)35-19-21-6-8-22(9-7-21)31(38)39/h6-9,20,23-30,36-37H,5,10-19H2,1-4H3,(H,35,40)(H,38,39)/t20-,23-,24-,25?,26?,27?,28?,29?,30-,33-,34-/m1/s1. The number of carboxylic acids is 1. The number of alkyl carbamates (subject to hydrolysis) is 1. The normalized spacial score (nSPS) is 40.5. The molecule has 41 heavy (non-hydrogen) atoms. The van der Waals surface area contributed by atoms with Crippen molar-refractivity contribution >= 4 is 12.1 Å². The number of ether oxygens (including phenoxy) is 1. The topological polar surface area (TPSA) is 116 Å². The van der Waals surface area contributed by atoms with Crippen LogP contribution in [0.4, 0.5) is 4.79 Å². The monoisotopic (exact) mass is 569 g/mol. The van der Waals surface area contributed by atoms with Gasteiger partial charge in [-0.25, -0.2) is 9.59 Å². The molecule has 0 radical (unpaired) electrons. The van der Waals surface area contributed by atoms with Gasteiger partial charge in [0.2, 0.25) is 0 Å². The molecule has 0 spiro atoms. The van der Waals surface area contributed by atoms with Gasteiger partial charge in [-0.3, -0.25) is 0 Å². The van der Waals surface area contributed by atoms with Gasteiger partial charge >= 0.3 is 12.1 Å². The highest BCUT2D eigenvalue weighted by atomic mass is 16.5. The van der Waals surface area contributed by atoms with Crippen molar-refractivity contribution in [2.75, 3.05) is 6.61 Å². The van der Waals surface area contributed by atoms with Gasteiger partial charge in [-0.15, -0.1) is 0 Å². The Morgan fingerprint density at radius 2 is 1.68 bits per heavy atom. The number of carbonyl (C=O) groups excluding carboxylic acids is 1. The smallest absolute Gasteiger partial charge is 0.407 e. The molecule has 4 aliphatic carbocycles. The van der Waals surface area contributed by atoms with Gasteiger partial charge in [-0.1, -0.05) is 46.2 Å². The predicted molar refractivity (Wildman–Crippen MR) is 157 cm³/mol. The van der Waals surface area contributed by atoms with Gasteiger partial charge in [0, 0.05) is 6.54 Å². The Labute approximate surface area is 245 Å². The fourth-order valence-corrected chi connectivity index (χ4v) is 10.5. The Morgan fingerprint density at radius 1 is 1.00 bits per heavy atom. The summed E-state index contributed by atoms with van der Waals surface area (Å²) in [5.41, 5.74) is 1.45. The maximum atomic E-state index is 12.3. The minimum absolute atomic E-state index is 0.196. The van der Waals surface area contributed by atoms with Crippen molar-refractivity contribution in [3.05, 3.63) is 35.4 Å². The number of aliphatic hydroxyl groups is 2. The molecule has 7 nitrogen and oxygen atoms in total. The number of amides is 1. The first-order chi connectivity index (χ1) is 19.5. The number of fused-ring (bicyclic) bond motifs is 5. The van der Waals surface area contributed by atoms with Crippen LogP contribution < -0.4 is 5.32 Å². The molecule has 1 aromatic carbocycles. The number of rotatable bonds is 8. The van der Waals surface area contributed by atoms with Crippen molar-refractivity contribution in [2.45, 2.75) is 104 Å². The second-order valence-electron chi connectivity index (χ2n) is 14.4. The lowest BCUT2D eigenvalue weighted by molar-refractivity contribution is -0.203. The number of nitrogens with one attached hydrogen (secondary N) is 1. The van der Waals surface area contributed by atoms with Crippen molar-refractivity contribution < 1.29 is 29.6 Å². The van der Waals surface area contributed by atoms with Crippen LogP contribution >= 0.6 is 0 Å². The summed E-state index contributed by atoms with van der Waals surface area (Å²) in [6.07, 6.45) is 8.40. The van der Waals surface area contributed by atoms with E-state index < -0.39 is 12.1 Å². The number of aliphatic hydroxyl groups excluding tert-OH is 2. The number of hydrogen-bond acceptors (Lipinski definition) is 5. The van der Waals surface area contributed by atoms with Gasteiger partial charge in [0.1, 0.15) is 0 Å². The zero-order valence-electron chi connectivity index (χ0n) is 25.4. The Bertz CT molecular complexity index is 1090. The molecule has 0 aromatic heterocycles. The van der Waals surface area contributed by atoms with E-state index in [9.17, 15) is 19.8 Å². The first-order valence-corrected chi connectivity index (χ1v) is 16.1. The summed E-state index contributed by atoms with van der Waals surface area (Å²) >= 11 is 0. The second-order valence-corrected chi connectivity index (χ2v) is 14.4. The van der Waals surface area contributed by atoms with Crippen molar-refractivity contribution in [2.24, 2.45) is 52.3 Å². The number of aromatic carboxylic acids is 1. The average molecular weight is 570 g/mol. The van der Waals surface area contributed by atoms with E-state index in [2.05, 4.69) is 33.0 Å². The van der Waals surface area contributed by atoms with E-state index >= 15 is 0 Å². The summed E-state index contributed by atoms with van der Waals surface area (Å²) in [6.45, 7) is 10.2. The van der Waals surface area contributed by atoms with Crippen LogP contribution in [0.5, 0.6) is 0 Å². The molecule has 0 heterocycles. The third-order valence-corrected chi connectivity index (χ3v) is 12.6. The number of carbonyl (C=O) groups is 2. The Balaban J connectivity index is 1.17. The Hall–Kier alpha value is -2.12. The zero-order chi connectivity index (χ0) is 29.5. The molecule has 1 amide bonds. The molecule has 7 heteroatoms. The highest BCUT2D eigenvalue weighted by molar-refractivity contribution is 5.87. The zero-order valence-corrected chi connectivity index (χ0v) is 25.4. The molecule has 0 bridgehead atoms. The highest BCUT2D eigenvalue weighted by Gasteiger charge is 2.64. The van der Waals surface area contributed by atoms with Crippen molar-refractivity contribution in [3.63, 3.8) is 0 Å². The van der Waals surface area contributed by atoms with E-state index in [1.54, 1.807) is 12.1 Å². The number of benzene rings is 1. The van der Waals surface area contributed by atoms with E-state index in [0.717, 1.165) is 37.7 Å². The summed E-state index contributed by atoms with van der Waals surface area (Å²) in [4.78, 5) is 23.3. The van der Waals surface area contributed by atoms with Crippen LogP contribution in [0.15, 0.2) is 24.3 Å². The van der Waals surface area contributed by atoms with Crippen molar-refractivity contribution in [3.8, 4) is 0 Å². The van der Waals surface area contributed by atoms with E-state index in [0.29, 0.717) is 48.7 Å². The molecule has 228 valence electrons. The molecule has 4 N–H and O–H groups in total. The Kier molecular flexibility index (Phi) is 8.78. The lowest BCUT2D eigenvalue weighted by Gasteiger charge is -2.64. The van der Waals surface area contributed by atoms with Gasteiger partial charge in [-0.05, 0) is 121 Å². The van der Waals surface area contributed by atoms with Gasteiger partial charge in [0.05, 0.1) is 24.4 Å². The fourth-order valence-electron chi connectivity index (χ4n) is 10.5. The van der Waals surface area contributed by atoms with Crippen LogP contribution in [0.3, 0.4) is 0 Å².